The summed E-state index contributed by atoms with van der Waals surface area (Å²) in [6.45, 7) is 8.37. The number of guanidine groups is 1. The first-order valence-corrected chi connectivity index (χ1v) is 10.7. The van der Waals surface area contributed by atoms with E-state index in [0.29, 0.717) is 18.4 Å². The molecule has 0 spiro atoms. The summed E-state index contributed by atoms with van der Waals surface area (Å²) in [7, 11) is 1.38. The fourth-order valence-electron chi connectivity index (χ4n) is 2.55. The molecule has 0 aliphatic heterocycles. The van der Waals surface area contributed by atoms with Crippen LogP contribution in [0.15, 0.2) is 34.2 Å². The van der Waals surface area contributed by atoms with E-state index < -0.39 is 10.0 Å². The van der Waals surface area contributed by atoms with E-state index in [4.69, 9.17) is 4.74 Å². The van der Waals surface area contributed by atoms with Gasteiger partial charge in [0.05, 0.1) is 11.0 Å². The second-order valence-corrected chi connectivity index (χ2v) is 8.96. The zero-order valence-electron chi connectivity index (χ0n) is 17.3. The Morgan fingerprint density at radius 2 is 1.81 bits per heavy atom. The smallest absolute Gasteiger partial charge is 0.242 e. The molecule has 0 saturated carbocycles. The molecule has 1 rings (SSSR count). The fraction of sp³-hybridized carbons (Fsp3) is 0.632. The standard InChI is InChI=1S/C19H34N4O3S/c1-7-26-18(15(2)3)12-13-21-19(20-4)22-14-16-8-10-17(11-9-16)27(24,25)23(5)6/h8-11,15,18H,7,12-14H2,1-6H3,(H2,20,21,22). The zero-order valence-corrected chi connectivity index (χ0v) is 18.1. The van der Waals surface area contributed by atoms with Gasteiger partial charge < -0.3 is 15.4 Å². The van der Waals surface area contributed by atoms with Crippen molar-refractivity contribution in [3.8, 4) is 0 Å². The summed E-state index contributed by atoms with van der Waals surface area (Å²) in [5, 5.41) is 6.53. The monoisotopic (exact) mass is 398 g/mol. The average Bonchev–Trinajstić information content (AvgIpc) is 2.63. The third kappa shape index (κ3) is 7.48. The number of nitrogens with one attached hydrogen (secondary N) is 2. The molecule has 154 valence electrons. The van der Waals surface area contributed by atoms with E-state index >= 15 is 0 Å². The maximum Gasteiger partial charge on any atom is 0.242 e. The first-order chi connectivity index (χ1) is 12.7. The maximum absolute atomic E-state index is 12.1. The van der Waals surface area contributed by atoms with Gasteiger partial charge in [0, 0.05) is 40.8 Å². The van der Waals surface area contributed by atoms with Gasteiger partial charge in [0.25, 0.3) is 0 Å². The van der Waals surface area contributed by atoms with E-state index in [0.717, 1.165) is 25.1 Å². The Morgan fingerprint density at radius 3 is 2.30 bits per heavy atom. The number of nitrogens with zero attached hydrogens (tertiary/aromatic N) is 2. The number of aliphatic imine (C=N–C) groups is 1. The first-order valence-electron chi connectivity index (χ1n) is 9.30. The van der Waals surface area contributed by atoms with Gasteiger partial charge in [-0.15, -0.1) is 0 Å². The van der Waals surface area contributed by atoms with Crippen LogP contribution in [0, 0.1) is 5.92 Å². The molecule has 0 radical (unpaired) electrons. The SMILES string of the molecule is CCOC(CCNC(=NC)NCc1ccc(S(=O)(=O)N(C)C)cc1)C(C)C. The molecule has 7 nitrogen and oxygen atoms in total. The molecule has 0 saturated heterocycles. The van der Waals surface area contributed by atoms with Crippen molar-refractivity contribution in [3.05, 3.63) is 29.8 Å². The van der Waals surface area contributed by atoms with Crippen LogP contribution < -0.4 is 10.6 Å². The van der Waals surface area contributed by atoms with Crippen LogP contribution in [0.4, 0.5) is 0 Å². The maximum atomic E-state index is 12.1. The van der Waals surface area contributed by atoms with E-state index in [2.05, 4.69) is 29.5 Å². The Balaban J connectivity index is 2.53. The van der Waals surface area contributed by atoms with Crippen LogP contribution in [0.2, 0.25) is 0 Å². The number of benzene rings is 1. The molecule has 0 heterocycles. The lowest BCUT2D eigenvalue weighted by Crippen LogP contribution is -2.38. The summed E-state index contributed by atoms with van der Waals surface area (Å²) >= 11 is 0. The van der Waals surface area contributed by atoms with Gasteiger partial charge in [-0.1, -0.05) is 26.0 Å². The minimum atomic E-state index is -3.40. The van der Waals surface area contributed by atoms with Crippen LogP contribution in [0.1, 0.15) is 32.8 Å². The first kappa shape index (κ1) is 23.4. The normalized spacial score (nSPS) is 13.9. The van der Waals surface area contributed by atoms with Gasteiger partial charge in [-0.05, 0) is 37.0 Å². The van der Waals surface area contributed by atoms with Gasteiger partial charge in [-0.2, -0.15) is 0 Å². The molecule has 0 aliphatic carbocycles. The minimum absolute atomic E-state index is 0.229. The highest BCUT2D eigenvalue weighted by Gasteiger charge is 2.16. The molecule has 0 fully saturated rings. The molecular weight excluding hydrogens is 364 g/mol. The van der Waals surface area contributed by atoms with Crippen molar-refractivity contribution in [2.75, 3.05) is 34.3 Å². The van der Waals surface area contributed by atoms with E-state index in [1.54, 1.807) is 31.3 Å². The zero-order chi connectivity index (χ0) is 20.4. The number of ether oxygens (including phenoxy) is 1. The van der Waals surface area contributed by atoms with Gasteiger partial charge in [0.15, 0.2) is 5.96 Å². The lowest BCUT2D eigenvalue weighted by molar-refractivity contribution is 0.0258. The van der Waals surface area contributed by atoms with Crippen molar-refractivity contribution in [2.24, 2.45) is 10.9 Å². The van der Waals surface area contributed by atoms with E-state index in [1.807, 2.05) is 6.92 Å². The van der Waals surface area contributed by atoms with Gasteiger partial charge in [-0.3, -0.25) is 4.99 Å². The summed E-state index contributed by atoms with van der Waals surface area (Å²) < 4.78 is 31.1. The van der Waals surface area contributed by atoms with Gasteiger partial charge in [0.2, 0.25) is 10.0 Å². The van der Waals surface area contributed by atoms with E-state index in [9.17, 15) is 8.42 Å². The van der Waals surface area contributed by atoms with Gasteiger partial charge in [-0.25, -0.2) is 12.7 Å². The molecule has 0 aliphatic rings. The van der Waals surface area contributed by atoms with Crippen molar-refractivity contribution < 1.29 is 13.2 Å². The highest BCUT2D eigenvalue weighted by molar-refractivity contribution is 7.89. The summed E-state index contributed by atoms with van der Waals surface area (Å²) in [5.74, 6) is 1.18. The van der Waals surface area contributed by atoms with Crippen molar-refractivity contribution in [1.29, 1.82) is 0 Å². The molecule has 1 unspecified atom stereocenters. The fourth-order valence-corrected chi connectivity index (χ4v) is 3.45. The summed E-state index contributed by atoms with van der Waals surface area (Å²) in [5.41, 5.74) is 0.977. The highest BCUT2D eigenvalue weighted by atomic mass is 32.2. The number of hydrogen-bond donors (Lipinski definition) is 2. The Labute approximate surface area is 164 Å². The number of rotatable bonds is 10. The van der Waals surface area contributed by atoms with E-state index in [1.165, 1.54) is 18.4 Å². The summed E-state index contributed by atoms with van der Waals surface area (Å²) in [4.78, 5) is 4.51. The van der Waals surface area contributed by atoms with Gasteiger partial charge >= 0.3 is 0 Å². The number of hydrogen-bond acceptors (Lipinski definition) is 4. The lowest BCUT2D eigenvalue weighted by Gasteiger charge is -2.21. The number of sulfonamides is 1. The van der Waals surface area contributed by atoms with Crippen LogP contribution in [-0.4, -0.2) is 59.1 Å². The second kappa shape index (κ2) is 11.3. The van der Waals surface area contributed by atoms with Crippen LogP contribution in [-0.2, 0) is 21.3 Å². The molecule has 0 amide bonds. The Morgan fingerprint density at radius 1 is 1.19 bits per heavy atom. The molecule has 0 aromatic heterocycles. The minimum Gasteiger partial charge on any atom is -0.378 e. The predicted octanol–water partition coefficient (Wildman–Crippen LogP) is 2.05. The van der Waals surface area contributed by atoms with Crippen molar-refractivity contribution in [3.63, 3.8) is 0 Å². The third-order valence-corrected chi connectivity index (χ3v) is 6.06. The second-order valence-electron chi connectivity index (χ2n) is 6.81. The third-order valence-electron chi connectivity index (χ3n) is 4.23. The molecule has 8 heteroatoms. The largest absolute Gasteiger partial charge is 0.378 e. The van der Waals surface area contributed by atoms with Crippen LogP contribution in [0.3, 0.4) is 0 Å². The average molecular weight is 399 g/mol. The van der Waals surface area contributed by atoms with Crippen LogP contribution >= 0.6 is 0 Å². The van der Waals surface area contributed by atoms with Crippen molar-refractivity contribution in [2.45, 2.75) is 44.7 Å². The predicted molar refractivity (Wildman–Crippen MR) is 110 cm³/mol. The molecular formula is C19H34N4O3S. The molecule has 27 heavy (non-hydrogen) atoms. The van der Waals surface area contributed by atoms with E-state index in [-0.39, 0.29) is 11.0 Å². The van der Waals surface area contributed by atoms with Gasteiger partial charge in [0.1, 0.15) is 0 Å². The molecule has 1 aromatic rings. The van der Waals surface area contributed by atoms with Crippen LogP contribution in [0.5, 0.6) is 0 Å². The van der Waals surface area contributed by atoms with Crippen molar-refractivity contribution in [1.82, 2.24) is 14.9 Å². The molecule has 2 N–H and O–H groups in total. The van der Waals surface area contributed by atoms with Crippen LogP contribution in [0.25, 0.3) is 0 Å². The molecule has 1 aromatic carbocycles. The lowest BCUT2D eigenvalue weighted by atomic mass is 10.0. The summed E-state index contributed by atoms with van der Waals surface area (Å²) in [6, 6.07) is 6.86. The highest BCUT2D eigenvalue weighted by Crippen LogP contribution is 2.14. The Hall–Kier alpha value is -1.64. The topological polar surface area (TPSA) is 83.0 Å². The Kier molecular flexibility index (Phi) is 9.76. The molecule has 0 bridgehead atoms. The summed E-state index contributed by atoms with van der Waals surface area (Å²) in [6.07, 6.45) is 1.13. The Bertz CT molecular complexity index is 685. The van der Waals surface area contributed by atoms with Crippen molar-refractivity contribution >= 4 is 16.0 Å². The molecule has 1 atom stereocenters. The quantitative estimate of drug-likeness (QED) is 0.466.